The van der Waals surface area contributed by atoms with Crippen molar-refractivity contribution in [2.24, 2.45) is 0 Å². The zero-order chi connectivity index (χ0) is 27.0. The lowest BCUT2D eigenvalue weighted by Crippen LogP contribution is -2.40. The molecule has 210 valence electrons. The second-order valence-corrected chi connectivity index (χ2v) is 8.86. The van der Waals surface area contributed by atoms with Crippen LogP contribution in [-0.2, 0) is 28.7 Å². The molecule has 0 heterocycles. The molecule has 0 aliphatic heterocycles. The molecule has 0 saturated heterocycles. The highest BCUT2D eigenvalue weighted by Gasteiger charge is 2.15. The van der Waals surface area contributed by atoms with E-state index in [1.807, 2.05) is 0 Å². The first-order valence-corrected chi connectivity index (χ1v) is 13.6. The van der Waals surface area contributed by atoms with Crippen molar-refractivity contribution >= 4 is 23.6 Å². The van der Waals surface area contributed by atoms with Gasteiger partial charge in [0.15, 0.2) is 0 Å². The van der Waals surface area contributed by atoms with Crippen molar-refractivity contribution < 1.29 is 28.7 Å². The average molecular weight is 515 g/mol. The molecule has 0 radical (unpaired) electrons. The molecule has 0 aromatic heterocycles. The molecule has 0 unspecified atom stereocenters. The van der Waals surface area contributed by atoms with Gasteiger partial charge >= 0.3 is 0 Å². The molecule has 0 fully saturated rings. The Morgan fingerprint density at radius 1 is 0.528 bits per heavy atom. The maximum Gasteiger partial charge on any atom is 0.248 e. The molecule has 0 spiro atoms. The normalized spacial score (nSPS) is 10.7. The number of amides is 4. The molecule has 0 saturated carbocycles. The highest BCUT2D eigenvalue weighted by molar-refractivity contribution is 5.80. The minimum Gasteiger partial charge on any atom is -0.362 e. The number of carbonyl (C=O) groups is 4. The molecule has 36 heavy (non-hydrogen) atoms. The highest BCUT2D eigenvalue weighted by atomic mass is 16.5. The number of hydrogen-bond acceptors (Lipinski definition) is 6. The largest absolute Gasteiger partial charge is 0.362 e. The summed E-state index contributed by atoms with van der Waals surface area (Å²) in [6.45, 7) is 10.9. The quantitative estimate of drug-likeness (QED) is 0.202. The predicted octanol–water partition coefficient (Wildman–Crippen LogP) is 2.11. The van der Waals surface area contributed by atoms with Crippen LogP contribution in [0.25, 0.3) is 0 Å². The van der Waals surface area contributed by atoms with Crippen LogP contribution in [0.5, 0.6) is 0 Å². The van der Waals surface area contributed by atoms with Crippen LogP contribution in [0.2, 0.25) is 0 Å². The van der Waals surface area contributed by atoms with Gasteiger partial charge in [-0.05, 0) is 25.7 Å². The van der Waals surface area contributed by atoms with Crippen LogP contribution >= 0.6 is 0 Å². The third-order valence-corrected chi connectivity index (χ3v) is 5.52. The second-order valence-electron chi connectivity index (χ2n) is 8.86. The zero-order valence-electron chi connectivity index (χ0n) is 23.1. The highest BCUT2D eigenvalue weighted by Crippen LogP contribution is 2.01. The van der Waals surface area contributed by atoms with E-state index in [1.165, 1.54) is 0 Å². The van der Waals surface area contributed by atoms with Gasteiger partial charge in [-0.15, -0.1) is 0 Å². The Bertz CT molecular complexity index is 549. The van der Waals surface area contributed by atoms with E-state index in [1.54, 1.807) is 9.80 Å². The van der Waals surface area contributed by atoms with Crippen molar-refractivity contribution in [1.82, 2.24) is 20.4 Å². The molecule has 2 N–H and O–H groups in total. The monoisotopic (exact) mass is 514 g/mol. The maximum atomic E-state index is 12.3. The van der Waals surface area contributed by atoms with Crippen molar-refractivity contribution in [3.63, 3.8) is 0 Å². The smallest absolute Gasteiger partial charge is 0.248 e. The Kier molecular flexibility index (Phi) is 21.8. The summed E-state index contributed by atoms with van der Waals surface area (Å²) in [5.41, 5.74) is 0. The third-order valence-electron chi connectivity index (χ3n) is 5.52. The number of rotatable bonds is 23. The molecule has 4 amide bonds. The SMILES string of the molecule is CCCCN(CCCC)C(=O)COCC(=O)NCCNC(=O)COCC(=O)N(CCCC)CCCC. The summed E-state index contributed by atoms with van der Waals surface area (Å²) in [5, 5.41) is 5.27. The Hall–Kier alpha value is -2.20. The summed E-state index contributed by atoms with van der Waals surface area (Å²) < 4.78 is 10.5. The van der Waals surface area contributed by atoms with Crippen LogP contribution in [0.3, 0.4) is 0 Å². The summed E-state index contributed by atoms with van der Waals surface area (Å²) in [6.07, 6.45) is 7.82. The number of ether oxygens (including phenoxy) is 2. The average Bonchev–Trinajstić information content (AvgIpc) is 2.86. The van der Waals surface area contributed by atoms with E-state index in [0.29, 0.717) is 26.2 Å². The minimum absolute atomic E-state index is 0.103. The lowest BCUT2D eigenvalue weighted by atomic mass is 10.2. The van der Waals surface area contributed by atoms with Crippen molar-refractivity contribution in [1.29, 1.82) is 0 Å². The molecule has 0 bridgehead atoms. The van der Waals surface area contributed by atoms with Gasteiger partial charge in [0.2, 0.25) is 23.6 Å². The van der Waals surface area contributed by atoms with E-state index in [0.717, 1.165) is 51.4 Å². The molecular weight excluding hydrogens is 464 g/mol. The van der Waals surface area contributed by atoms with Gasteiger partial charge in [-0.2, -0.15) is 0 Å². The van der Waals surface area contributed by atoms with Crippen LogP contribution in [0.1, 0.15) is 79.1 Å². The summed E-state index contributed by atoms with van der Waals surface area (Å²) >= 11 is 0. The number of nitrogens with zero attached hydrogens (tertiary/aromatic N) is 2. The van der Waals surface area contributed by atoms with Gasteiger partial charge in [0, 0.05) is 39.3 Å². The molecule has 0 rings (SSSR count). The van der Waals surface area contributed by atoms with Crippen molar-refractivity contribution in [3.8, 4) is 0 Å². The fourth-order valence-electron chi connectivity index (χ4n) is 3.27. The summed E-state index contributed by atoms with van der Waals surface area (Å²) in [6, 6.07) is 0. The van der Waals surface area contributed by atoms with Gasteiger partial charge in [-0.3, -0.25) is 19.2 Å². The molecule has 10 heteroatoms. The Morgan fingerprint density at radius 3 is 1.11 bits per heavy atom. The van der Waals surface area contributed by atoms with Crippen molar-refractivity contribution in [2.45, 2.75) is 79.1 Å². The Balaban J connectivity index is 4.01. The van der Waals surface area contributed by atoms with Crippen molar-refractivity contribution in [3.05, 3.63) is 0 Å². The molecule has 0 aromatic rings. The fourth-order valence-corrected chi connectivity index (χ4v) is 3.27. The fraction of sp³-hybridized carbons (Fsp3) is 0.846. The van der Waals surface area contributed by atoms with Gasteiger partial charge in [0.05, 0.1) is 0 Å². The van der Waals surface area contributed by atoms with Crippen LogP contribution in [0.4, 0.5) is 0 Å². The molecule has 0 aromatic carbocycles. The molecule has 0 aliphatic carbocycles. The van der Waals surface area contributed by atoms with Gasteiger partial charge < -0.3 is 29.9 Å². The Morgan fingerprint density at radius 2 is 0.833 bits per heavy atom. The molecule has 0 aliphatic rings. The van der Waals surface area contributed by atoms with Crippen LogP contribution in [-0.4, -0.2) is 99.1 Å². The van der Waals surface area contributed by atoms with E-state index >= 15 is 0 Å². The van der Waals surface area contributed by atoms with E-state index in [-0.39, 0.29) is 63.1 Å². The van der Waals surface area contributed by atoms with E-state index < -0.39 is 0 Å². The molecule has 0 atom stereocenters. The zero-order valence-corrected chi connectivity index (χ0v) is 23.1. The Labute approximate surface area is 217 Å². The standard InChI is InChI=1S/C26H50N4O6/c1-5-9-15-29(16-10-6-2)25(33)21-35-19-23(31)27-13-14-28-24(32)20-36-22-26(34)30(17-11-7-3)18-12-8-4/h5-22H2,1-4H3,(H,27,31)(H,28,32). The number of hydrogen-bond donors (Lipinski definition) is 2. The third kappa shape index (κ3) is 18.1. The first-order chi connectivity index (χ1) is 17.4. The maximum absolute atomic E-state index is 12.3. The number of unbranched alkanes of at least 4 members (excludes halogenated alkanes) is 4. The first-order valence-electron chi connectivity index (χ1n) is 13.6. The van der Waals surface area contributed by atoms with Crippen LogP contribution < -0.4 is 10.6 Å². The summed E-state index contributed by atoms with van der Waals surface area (Å²) in [5.74, 6) is -0.915. The first kappa shape index (κ1) is 33.8. The lowest BCUT2D eigenvalue weighted by Gasteiger charge is -2.22. The van der Waals surface area contributed by atoms with Crippen LogP contribution in [0.15, 0.2) is 0 Å². The number of nitrogens with one attached hydrogen (secondary N) is 2. The minimum atomic E-state index is -0.355. The molecule has 10 nitrogen and oxygen atoms in total. The topological polar surface area (TPSA) is 117 Å². The van der Waals surface area contributed by atoms with Gasteiger partial charge in [0.25, 0.3) is 0 Å². The van der Waals surface area contributed by atoms with Gasteiger partial charge in [-0.25, -0.2) is 0 Å². The lowest BCUT2D eigenvalue weighted by molar-refractivity contribution is -0.140. The summed E-state index contributed by atoms with van der Waals surface area (Å²) in [7, 11) is 0. The van der Waals surface area contributed by atoms with Crippen molar-refractivity contribution in [2.75, 3.05) is 65.7 Å². The summed E-state index contributed by atoms with van der Waals surface area (Å²) in [4.78, 5) is 52.0. The van der Waals surface area contributed by atoms with E-state index in [9.17, 15) is 19.2 Å². The van der Waals surface area contributed by atoms with E-state index in [4.69, 9.17) is 9.47 Å². The van der Waals surface area contributed by atoms with E-state index in [2.05, 4.69) is 38.3 Å². The molecular formula is C26H50N4O6. The number of carbonyl (C=O) groups excluding carboxylic acids is 4. The second kappa shape index (κ2) is 23.2. The predicted molar refractivity (Wildman–Crippen MR) is 140 cm³/mol. The van der Waals surface area contributed by atoms with Gasteiger partial charge in [0.1, 0.15) is 26.4 Å². The van der Waals surface area contributed by atoms with Gasteiger partial charge in [-0.1, -0.05) is 53.4 Å². The van der Waals surface area contributed by atoms with Crippen LogP contribution in [0, 0.1) is 0 Å².